The molecule has 0 spiro atoms. The van der Waals surface area contributed by atoms with E-state index in [-0.39, 0.29) is 23.5 Å². The van der Waals surface area contributed by atoms with Gasteiger partial charge in [-0.05, 0) is 49.9 Å². The second-order valence-electron chi connectivity index (χ2n) is 8.85. The van der Waals surface area contributed by atoms with Crippen LogP contribution in [0.1, 0.15) is 53.0 Å². The summed E-state index contributed by atoms with van der Waals surface area (Å²) in [4.78, 5) is 17.4. The van der Waals surface area contributed by atoms with Gasteiger partial charge in [-0.1, -0.05) is 12.1 Å². The molecule has 1 unspecified atom stereocenters. The fourth-order valence-electron chi connectivity index (χ4n) is 4.61. The lowest BCUT2D eigenvalue weighted by molar-refractivity contribution is 0.0739. The van der Waals surface area contributed by atoms with Gasteiger partial charge in [0, 0.05) is 43.5 Å². The van der Waals surface area contributed by atoms with Gasteiger partial charge in [0.15, 0.2) is 15.5 Å². The summed E-state index contributed by atoms with van der Waals surface area (Å²) in [5, 5.41) is 4.63. The van der Waals surface area contributed by atoms with Crippen molar-refractivity contribution < 1.29 is 13.2 Å². The SMILES string of the molecule is Cc1cccc(N2CCN(C(=O)c3cc(C4CC4)n(C4CCS(=O)(=O)C4)n3)CC2)c1. The molecule has 8 heteroatoms. The van der Waals surface area contributed by atoms with Crippen LogP contribution in [-0.2, 0) is 9.84 Å². The summed E-state index contributed by atoms with van der Waals surface area (Å²) in [6.07, 6.45) is 2.77. The zero-order valence-electron chi connectivity index (χ0n) is 17.3. The highest BCUT2D eigenvalue weighted by atomic mass is 32.2. The summed E-state index contributed by atoms with van der Waals surface area (Å²) in [7, 11) is -2.99. The first kappa shape index (κ1) is 19.6. The van der Waals surface area contributed by atoms with E-state index in [1.807, 2.05) is 15.6 Å². The molecule has 2 aromatic rings. The Morgan fingerprint density at radius 3 is 2.47 bits per heavy atom. The lowest BCUT2D eigenvalue weighted by Crippen LogP contribution is -2.49. The van der Waals surface area contributed by atoms with Crippen molar-refractivity contribution in [2.45, 2.75) is 38.1 Å². The fourth-order valence-corrected chi connectivity index (χ4v) is 6.30. The Morgan fingerprint density at radius 1 is 1.07 bits per heavy atom. The minimum atomic E-state index is -2.99. The first-order valence-electron chi connectivity index (χ1n) is 10.8. The molecule has 1 atom stereocenters. The molecule has 0 bridgehead atoms. The van der Waals surface area contributed by atoms with Gasteiger partial charge in [0.05, 0.1) is 17.5 Å². The number of carbonyl (C=O) groups is 1. The maximum Gasteiger partial charge on any atom is 0.274 e. The topological polar surface area (TPSA) is 75.5 Å². The monoisotopic (exact) mass is 428 g/mol. The van der Waals surface area contributed by atoms with Gasteiger partial charge in [-0.25, -0.2) is 8.42 Å². The van der Waals surface area contributed by atoms with Crippen molar-refractivity contribution in [2.75, 3.05) is 42.6 Å². The number of hydrogen-bond donors (Lipinski definition) is 0. The molecular formula is C22H28N4O3S. The van der Waals surface area contributed by atoms with Gasteiger partial charge < -0.3 is 9.80 Å². The lowest BCUT2D eigenvalue weighted by atomic mass is 10.2. The first-order chi connectivity index (χ1) is 14.4. The number of aryl methyl sites for hydroxylation is 1. The molecule has 30 heavy (non-hydrogen) atoms. The quantitative estimate of drug-likeness (QED) is 0.748. The van der Waals surface area contributed by atoms with E-state index in [4.69, 9.17) is 0 Å². The van der Waals surface area contributed by atoms with Gasteiger partial charge in [0.2, 0.25) is 0 Å². The smallest absolute Gasteiger partial charge is 0.274 e. The van der Waals surface area contributed by atoms with Gasteiger partial charge in [-0.3, -0.25) is 9.48 Å². The van der Waals surface area contributed by atoms with Crippen molar-refractivity contribution in [1.29, 1.82) is 0 Å². The second kappa shape index (κ2) is 7.41. The Kier molecular flexibility index (Phi) is 4.84. The molecule has 0 N–H and O–H groups in total. The van der Waals surface area contributed by atoms with Crippen molar-refractivity contribution in [1.82, 2.24) is 14.7 Å². The molecule has 5 rings (SSSR count). The molecule has 0 radical (unpaired) electrons. The number of nitrogens with zero attached hydrogens (tertiary/aromatic N) is 4. The average Bonchev–Trinajstić information content (AvgIpc) is 3.38. The van der Waals surface area contributed by atoms with Crippen LogP contribution in [0.5, 0.6) is 0 Å². The van der Waals surface area contributed by atoms with Crippen LogP contribution >= 0.6 is 0 Å². The number of amides is 1. The van der Waals surface area contributed by atoms with Crippen LogP contribution in [0.15, 0.2) is 30.3 Å². The van der Waals surface area contributed by atoms with Crippen LogP contribution in [-0.4, -0.2) is 66.7 Å². The molecule has 3 heterocycles. The van der Waals surface area contributed by atoms with Crippen LogP contribution in [0.4, 0.5) is 5.69 Å². The number of anilines is 1. The number of rotatable bonds is 4. The molecule has 160 valence electrons. The molecule has 3 aliphatic rings. The number of aromatic nitrogens is 2. The predicted octanol–water partition coefficient (Wildman–Crippen LogP) is 2.39. The van der Waals surface area contributed by atoms with E-state index in [1.54, 1.807) is 0 Å². The Hall–Kier alpha value is -2.35. The maximum atomic E-state index is 13.2. The van der Waals surface area contributed by atoms with E-state index < -0.39 is 9.84 Å². The van der Waals surface area contributed by atoms with Gasteiger partial charge in [-0.2, -0.15) is 5.10 Å². The van der Waals surface area contributed by atoms with Gasteiger partial charge >= 0.3 is 0 Å². The van der Waals surface area contributed by atoms with Gasteiger partial charge in [0.25, 0.3) is 5.91 Å². The Labute approximate surface area is 177 Å². The van der Waals surface area contributed by atoms with E-state index in [0.717, 1.165) is 31.6 Å². The van der Waals surface area contributed by atoms with Crippen molar-refractivity contribution in [3.05, 3.63) is 47.3 Å². The highest BCUT2D eigenvalue weighted by Gasteiger charge is 2.36. The standard InChI is InChI=1S/C22H28N4O3S/c1-16-3-2-4-18(13-16)24-8-10-25(11-9-24)22(27)20-14-21(17-5-6-17)26(23-20)19-7-12-30(28,29)15-19/h2-4,13-14,17,19H,5-12,15H2,1H3. The fraction of sp³-hybridized carbons (Fsp3) is 0.545. The number of piperazine rings is 1. The molecule has 1 amide bonds. The Bertz CT molecular complexity index is 1070. The van der Waals surface area contributed by atoms with Crippen LogP contribution < -0.4 is 4.90 Å². The third-order valence-corrected chi connectivity index (χ3v) is 8.22. The number of benzene rings is 1. The van der Waals surface area contributed by atoms with E-state index in [1.165, 1.54) is 11.3 Å². The van der Waals surface area contributed by atoms with E-state index in [9.17, 15) is 13.2 Å². The maximum absolute atomic E-state index is 13.2. The predicted molar refractivity (Wildman–Crippen MR) is 116 cm³/mol. The number of sulfone groups is 1. The summed E-state index contributed by atoms with van der Waals surface area (Å²) in [6.45, 7) is 5.01. The highest BCUT2D eigenvalue weighted by Crippen LogP contribution is 2.42. The molecule has 2 saturated heterocycles. The van der Waals surface area contributed by atoms with Crippen LogP contribution in [0.3, 0.4) is 0 Å². The normalized spacial score (nSPS) is 23.7. The summed E-state index contributed by atoms with van der Waals surface area (Å²) < 4.78 is 25.8. The van der Waals surface area contributed by atoms with Gasteiger partial charge in [-0.15, -0.1) is 0 Å². The summed E-state index contributed by atoms with van der Waals surface area (Å²) in [5.41, 5.74) is 3.94. The average molecular weight is 429 g/mol. The summed E-state index contributed by atoms with van der Waals surface area (Å²) >= 11 is 0. The molecule has 1 aliphatic carbocycles. The Morgan fingerprint density at radius 2 is 1.83 bits per heavy atom. The first-order valence-corrected chi connectivity index (χ1v) is 12.6. The zero-order chi connectivity index (χ0) is 20.9. The van der Waals surface area contributed by atoms with Crippen LogP contribution in [0.2, 0.25) is 0 Å². The van der Waals surface area contributed by atoms with E-state index in [0.29, 0.717) is 31.1 Å². The molecule has 2 aliphatic heterocycles. The van der Waals surface area contributed by atoms with Crippen LogP contribution in [0.25, 0.3) is 0 Å². The van der Waals surface area contributed by atoms with Crippen molar-refractivity contribution in [2.24, 2.45) is 0 Å². The number of hydrogen-bond acceptors (Lipinski definition) is 5. The van der Waals surface area contributed by atoms with Crippen molar-refractivity contribution >= 4 is 21.4 Å². The third-order valence-electron chi connectivity index (χ3n) is 6.47. The summed E-state index contributed by atoms with van der Waals surface area (Å²) in [5.74, 6) is 0.726. The zero-order valence-corrected chi connectivity index (χ0v) is 18.1. The van der Waals surface area contributed by atoms with Crippen molar-refractivity contribution in [3.8, 4) is 0 Å². The highest BCUT2D eigenvalue weighted by molar-refractivity contribution is 7.91. The number of carbonyl (C=O) groups excluding carboxylic acids is 1. The largest absolute Gasteiger partial charge is 0.368 e. The van der Waals surface area contributed by atoms with E-state index >= 15 is 0 Å². The van der Waals surface area contributed by atoms with Crippen LogP contribution in [0, 0.1) is 6.92 Å². The molecule has 7 nitrogen and oxygen atoms in total. The van der Waals surface area contributed by atoms with Gasteiger partial charge in [0.1, 0.15) is 0 Å². The minimum Gasteiger partial charge on any atom is -0.368 e. The molecular weight excluding hydrogens is 400 g/mol. The molecule has 1 saturated carbocycles. The minimum absolute atomic E-state index is 0.0413. The lowest BCUT2D eigenvalue weighted by Gasteiger charge is -2.36. The second-order valence-corrected chi connectivity index (χ2v) is 11.1. The Balaban J connectivity index is 1.30. The third kappa shape index (κ3) is 3.85. The summed E-state index contributed by atoms with van der Waals surface area (Å²) in [6, 6.07) is 10.2. The molecule has 1 aromatic heterocycles. The van der Waals surface area contributed by atoms with Crippen molar-refractivity contribution in [3.63, 3.8) is 0 Å². The molecule has 3 fully saturated rings. The van der Waals surface area contributed by atoms with E-state index in [2.05, 4.69) is 41.2 Å². The molecule has 1 aromatic carbocycles.